The normalized spacial score (nSPS) is 11.3. The third-order valence-corrected chi connectivity index (χ3v) is 2.86. The third kappa shape index (κ3) is 6.54. The molecule has 0 spiro atoms. The van der Waals surface area contributed by atoms with Gasteiger partial charge in [0.05, 0.1) is 36.8 Å². The number of rotatable bonds is 9. The smallest absolute Gasteiger partial charge is 0.305 e. The van der Waals surface area contributed by atoms with Crippen molar-refractivity contribution in [1.82, 2.24) is 0 Å². The topological polar surface area (TPSA) is 201 Å². The summed E-state index contributed by atoms with van der Waals surface area (Å²) in [7, 11) is 0. The van der Waals surface area contributed by atoms with E-state index in [0.717, 1.165) is 0 Å². The van der Waals surface area contributed by atoms with Crippen molar-refractivity contribution in [2.24, 2.45) is 11.5 Å². The first-order chi connectivity index (χ1) is 8.92. The van der Waals surface area contributed by atoms with Crippen LogP contribution in [0.5, 0.6) is 0 Å². The molecule has 0 heterocycles. The number of carboxylic acids is 4. The summed E-state index contributed by atoms with van der Waals surface area (Å²) in [5, 5.41) is 35.1. The van der Waals surface area contributed by atoms with Gasteiger partial charge in [0.15, 0.2) is 0 Å². The number of carboxylic acid groups (broad SMARTS) is 4. The van der Waals surface area contributed by atoms with Gasteiger partial charge in [0, 0.05) is 17.1 Å². The van der Waals surface area contributed by atoms with E-state index < -0.39 is 60.6 Å². The van der Waals surface area contributed by atoms with Gasteiger partial charge in [0.25, 0.3) is 0 Å². The molecule has 0 atom stereocenters. The summed E-state index contributed by atoms with van der Waals surface area (Å²) in [6, 6.07) is 0. The number of aliphatic carboxylic acids is 4. The maximum Gasteiger partial charge on any atom is 0.305 e. The monoisotopic (exact) mass is 355 g/mol. The molecule has 1 radical (unpaired) electrons. The first-order valence-corrected chi connectivity index (χ1v) is 5.37. The molecular weight excluding hydrogens is 340 g/mol. The van der Waals surface area contributed by atoms with Gasteiger partial charge in [-0.3, -0.25) is 19.2 Å². The van der Waals surface area contributed by atoms with E-state index in [1.165, 1.54) is 0 Å². The van der Waals surface area contributed by atoms with Crippen LogP contribution in [0.3, 0.4) is 0 Å². The Balaban J connectivity index is 0. The van der Waals surface area contributed by atoms with Crippen molar-refractivity contribution in [3.63, 3.8) is 0 Å². The van der Waals surface area contributed by atoms with E-state index in [-0.39, 0.29) is 17.1 Å². The zero-order valence-corrected chi connectivity index (χ0v) is 11.6. The van der Waals surface area contributed by atoms with Gasteiger partial charge in [-0.05, 0) is 0 Å². The zero-order chi connectivity index (χ0) is 16.1. The molecule has 0 aliphatic heterocycles. The predicted octanol–water partition coefficient (Wildman–Crippen LogP) is -1.72. The summed E-state index contributed by atoms with van der Waals surface area (Å²) in [4.78, 5) is 43.2. The second-order valence-corrected chi connectivity index (χ2v) is 4.59. The Bertz CT molecular complexity index is 367. The molecule has 0 aromatic carbocycles. The van der Waals surface area contributed by atoms with E-state index in [1.807, 2.05) is 0 Å². The van der Waals surface area contributed by atoms with Gasteiger partial charge in [-0.2, -0.15) is 0 Å². The molecule has 0 amide bonds. The van der Waals surface area contributed by atoms with E-state index in [4.69, 9.17) is 31.9 Å². The zero-order valence-electron chi connectivity index (χ0n) is 10.7. The Kier molecular flexibility index (Phi) is 8.17. The summed E-state index contributed by atoms with van der Waals surface area (Å²) < 4.78 is 0. The fourth-order valence-corrected chi connectivity index (χ4v) is 1.91. The van der Waals surface area contributed by atoms with Gasteiger partial charge in [-0.15, -0.1) is 0 Å². The number of nitrogens with two attached hydrogens (primary N) is 2. The predicted molar refractivity (Wildman–Crippen MR) is 62.8 cm³/mol. The van der Waals surface area contributed by atoms with Crippen LogP contribution in [0.2, 0.25) is 0 Å². The molecule has 0 aliphatic carbocycles. The molecule has 0 rings (SSSR count). The van der Waals surface area contributed by atoms with Crippen molar-refractivity contribution < 1.29 is 56.7 Å². The fourth-order valence-electron chi connectivity index (χ4n) is 1.91. The summed E-state index contributed by atoms with van der Waals surface area (Å²) in [6.45, 7) is 0. The molecule has 0 saturated carbocycles. The average Bonchev–Trinajstić information content (AvgIpc) is 2.10. The molecule has 0 fully saturated rings. The van der Waals surface area contributed by atoms with E-state index in [2.05, 4.69) is 0 Å². The van der Waals surface area contributed by atoms with Crippen LogP contribution in [-0.2, 0) is 36.2 Å². The number of hydrogen-bond donors (Lipinski definition) is 6. The number of carbonyl (C=O) groups is 4. The van der Waals surface area contributed by atoms with Crippen molar-refractivity contribution in [1.29, 1.82) is 0 Å². The number of hydrogen-bond acceptors (Lipinski definition) is 6. The van der Waals surface area contributed by atoms with Gasteiger partial charge in [-0.1, -0.05) is 0 Å². The first-order valence-electron chi connectivity index (χ1n) is 5.37. The minimum atomic E-state index is -2.22. The summed E-state index contributed by atoms with van der Waals surface area (Å²) in [5.41, 5.74) is 6.88. The maximum atomic E-state index is 10.8. The molecular formula is C10H16CuN2O8. The minimum absolute atomic E-state index is 0. The summed E-state index contributed by atoms with van der Waals surface area (Å²) in [6.07, 6.45) is -3.90. The van der Waals surface area contributed by atoms with Crippen LogP contribution in [0.25, 0.3) is 0 Å². The molecule has 10 nitrogen and oxygen atoms in total. The molecule has 0 saturated heterocycles. The minimum Gasteiger partial charge on any atom is -0.481 e. The van der Waals surface area contributed by atoms with Crippen LogP contribution >= 0.6 is 0 Å². The van der Waals surface area contributed by atoms with E-state index in [1.54, 1.807) is 0 Å². The van der Waals surface area contributed by atoms with Gasteiger partial charge in [-0.25, -0.2) is 0 Å². The molecule has 0 bridgehead atoms. The molecule has 21 heavy (non-hydrogen) atoms. The van der Waals surface area contributed by atoms with Crippen LogP contribution in [0.4, 0.5) is 0 Å². The molecule has 125 valence electrons. The second-order valence-electron chi connectivity index (χ2n) is 4.59. The van der Waals surface area contributed by atoms with Gasteiger partial charge < -0.3 is 31.9 Å². The average molecular weight is 356 g/mol. The van der Waals surface area contributed by atoms with Crippen molar-refractivity contribution in [3.8, 4) is 0 Å². The van der Waals surface area contributed by atoms with Crippen LogP contribution < -0.4 is 11.5 Å². The van der Waals surface area contributed by atoms with Gasteiger partial charge >= 0.3 is 23.9 Å². The van der Waals surface area contributed by atoms with E-state index >= 15 is 0 Å². The summed E-state index contributed by atoms with van der Waals surface area (Å²) >= 11 is 0. The van der Waals surface area contributed by atoms with Gasteiger partial charge in [0.1, 0.15) is 0 Å². The summed E-state index contributed by atoms with van der Waals surface area (Å²) in [5.74, 6) is -6.06. The molecule has 8 N–H and O–H groups in total. The Morgan fingerprint density at radius 3 is 0.857 bits per heavy atom. The van der Waals surface area contributed by atoms with Crippen molar-refractivity contribution >= 4 is 23.9 Å². The van der Waals surface area contributed by atoms with Crippen LogP contribution in [0.1, 0.15) is 25.7 Å². The standard InChI is InChI=1S/C10H16N2O8.Cu/c11-9(1-5(13)14,2-6(15)16)10(12,3-7(17)18)4-8(19)20;/h1-4,11-12H2,(H,13,14)(H,15,16)(H,17,18)(H,19,20);. The van der Waals surface area contributed by atoms with Crippen LogP contribution in [0.15, 0.2) is 0 Å². The maximum absolute atomic E-state index is 10.8. The Morgan fingerprint density at radius 1 is 0.619 bits per heavy atom. The fraction of sp³-hybridized carbons (Fsp3) is 0.600. The van der Waals surface area contributed by atoms with E-state index in [0.29, 0.717) is 0 Å². The molecule has 11 heteroatoms. The Labute approximate surface area is 129 Å². The van der Waals surface area contributed by atoms with Crippen molar-refractivity contribution in [2.75, 3.05) is 0 Å². The third-order valence-electron chi connectivity index (χ3n) is 2.86. The Hall–Kier alpha value is -1.68. The molecule has 0 unspecified atom stereocenters. The largest absolute Gasteiger partial charge is 0.481 e. The van der Waals surface area contributed by atoms with E-state index in [9.17, 15) is 19.2 Å². The van der Waals surface area contributed by atoms with Crippen molar-refractivity contribution in [2.45, 2.75) is 36.8 Å². The quantitative estimate of drug-likeness (QED) is 0.258. The first kappa shape index (κ1) is 21.6. The SMILES string of the molecule is NC(CC(=O)O)(CC(=O)O)C(N)(CC(=O)O)CC(=O)O.[Cu]. The van der Waals surface area contributed by atoms with Crippen LogP contribution in [-0.4, -0.2) is 55.4 Å². The van der Waals surface area contributed by atoms with Gasteiger partial charge in [0.2, 0.25) is 0 Å². The van der Waals surface area contributed by atoms with Crippen LogP contribution in [0, 0.1) is 0 Å². The molecule has 0 aromatic heterocycles. The van der Waals surface area contributed by atoms with Crippen molar-refractivity contribution in [3.05, 3.63) is 0 Å². The Morgan fingerprint density at radius 2 is 0.762 bits per heavy atom. The second kappa shape index (κ2) is 7.93. The molecule has 0 aromatic rings. The molecule has 0 aliphatic rings.